The van der Waals surface area contributed by atoms with Crippen molar-refractivity contribution in [3.05, 3.63) is 35.4 Å². The van der Waals surface area contributed by atoms with Gasteiger partial charge < -0.3 is 11.1 Å². The summed E-state index contributed by atoms with van der Waals surface area (Å²) in [5.41, 5.74) is 8.63. The lowest BCUT2D eigenvalue weighted by molar-refractivity contribution is 0.299. The summed E-state index contributed by atoms with van der Waals surface area (Å²) in [7, 11) is 2.02. The van der Waals surface area contributed by atoms with Crippen molar-refractivity contribution in [1.29, 1.82) is 0 Å². The number of nitrogens with two attached hydrogens (primary N) is 1. The highest BCUT2D eigenvalue weighted by Gasteiger charge is 2.23. The minimum Gasteiger partial charge on any atom is -0.330 e. The molecule has 1 rings (SSSR count). The third-order valence-corrected chi connectivity index (χ3v) is 3.61. The van der Waals surface area contributed by atoms with Crippen molar-refractivity contribution in [2.45, 2.75) is 33.2 Å². The van der Waals surface area contributed by atoms with Crippen molar-refractivity contribution in [3.8, 4) is 0 Å². The van der Waals surface area contributed by atoms with Gasteiger partial charge in [0.15, 0.2) is 0 Å². The number of hydrogen-bond acceptors (Lipinski definition) is 2. The fourth-order valence-electron chi connectivity index (χ4n) is 2.38. The summed E-state index contributed by atoms with van der Waals surface area (Å²) in [4.78, 5) is 0. The van der Waals surface area contributed by atoms with Gasteiger partial charge in [-0.3, -0.25) is 0 Å². The molecule has 0 spiro atoms. The SMILES string of the molecule is CCc1ccc(C(NC)C(CN)C(C)C)cc1. The normalized spacial score (nSPS) is 14.9. The minimum absolute atomic E-state index is 0.353. The smallest absolute Gasteiger partial charge is 0.0360 e. The van der Waals surface area contributed by atoms with Crippen molar-refractivity contribution in [2.24, 2.45) is 17.6 Å². The van der Waals surface area contributed by atoms with Crippen LogP contribution in [-0.4, -0.2) is 13.6 Å². The molecule has 0 aromatic heterocycles. The molecule has 0 amide bonds. The van der Waals surface area contributed by atoms with E-state index in [0.29, 0.717) is 17.9 Å². The van der Waals surface area contributed by atoms with Gasteiger partial charge in [-0.05, 0) is 43.0 Å². The Hall–Kier alpha value is -0.860. The summed E-state index contributed by atoms with van der Waals surface area (Å²) >= 11 is 0. The highest BCUT2D eigenvalue weighted by Crippen LogP contribution is 2.27. The van der Waals surface area contributed by atoms with Crippen molar-refractivity contribution < 1.29 is 0 Å². The third-order valence-electron chi connectivity index (χ3n) is 3.61. The first-order chi connectivity index (χ1) is 8.13. The van der Waals surface area contributed by atoms with Crippen LogP contribution >= 0.6 is 0 Å². The van der Waals surface area contributed by atoms with Gasteiger partial charge in [0.2, 0.25) is 0 Å². The predicted octanol–water partition coefficient (Wildman–Crippen LogP) is 2.74. The van der Waals surface area contributed by atoms with E-state index in [9.17, 15) is 0 Å². The molecular weight excluding hydrogens is 208 g/mol. The number of rotatable bonds is 6. The van der Waals surface area contributed by atoms with Crippen LogP contribution in [0, 0.1) is 11.8 Å². The molecular formula is C15H26N2. The molecule has 0 aliphatic rings. The van der Waals surface area contributed by atoms with Gasteiger partial charge >= 0.3 is 0 Å². The first-order valence-corrected chi connectivity index (χ1v) is 6.60. The quantitative estimate of drug-likeness (QED) is 0.794. The average Bonchev–Trinajstić information content (AvgIpc) is 2.35. The molecule has 2 nitrogen and oxygen atoms in total. The maximum Gasteiger partial charge on any atom is 0.0360 e. The van der Waals surface area contributed by atoms with Gasteiger partial charge in [-0.25, -0.2) is 0 Å². The molecule has 0 saturated heterocycles. The lowest BCUT2D eigenvalue weighted by Crippen LogP contribution is -2.33. The standard InChI is InChI=1S/C15H26N2/c1-5-12-6-8-13(9-7-12)15(17-4)14(10-16)11(2)3/h6-9,11,14-15,17H,5,10,16H2,1-4H3. The summed E-state index contributed by atoms with van der Waals surface area (Å²) < 4.78 is 0. The number of hydrogen-bond donors (Lipinski definition) is 2. The topological polar surface area (TPSA) is 38.0 Å². The molecule has 0 bridgehead atoms. The molecule has 0 heterocycles. The van der Waals surface area contributed by atoms with Gasteiger partial charge in [0, 0.05) is 6.04 Å². The van der Waals surface area contributed by atoms with Crippen LogP contribution in [0.5, 0.6) is 0 Å². The summed E-state index contributed by atoms with van der Waals surface area (Å²) in [6, 6.07) is 9.24. The molecule has 1 aromatic rings. The zero-order valence-electron chi connectivity index (χ0n) is 11.5. The molecule has 3 N–H and O–H groups in total. The van der Waals surface area contributed by atoms with Crippen LogP contribution in [0.15, 0.2) is 24.3 Å². The van der Waals surface area contributed by atoms with Crippen molar-refractivity contribution in [3.63, 3.8) is 0 Å². The maximum atomic E-state index is 5.90. The third kappa shape index (κ3) is 3.55. The Bertz CT molecular complexity index is 316. The Morgan fingerprint density at radius 3 is 2.12 bits per heavy atom. The van der Waals surface area contributed by atoms with Gasteiger partial charge in [-0.15, -0.1) is 0 Å². The molecule has 2 atom stereocenters. The van der Waals surface area contributed by atoms with Gasteiger partial charge in [-0.2, -0.15) is 0 Å². The van der Waals surface area contributed by atoms with Gasteiger partial charge in [0.25, 0.3) is 0 Å². The summed E-state index contributed by atoms with van der Waals surface area (Å²) in [5.74, 6) is 1.07. The first kappa shape index (κ1) is 14.2. The lowest BCUT2D eigenvalue weighted by atomic mass is 9.84. The van der Waals surface area contributed by atoms with Crippen molar-refractivity contribution >= 4 is 0 Å². The highest BCUT2D eigenvalue weighted by atomic mass is 14.9. The minimum atomic E-state index is 0.353. The molecule has 96 valence electrons. The molecule has 17 heavy (non-hydrogen) atoms. The molecule has 0 aliphatic carbocycles. The van der Waals surface area contributed by atoms with E-state index in [0.717, 1.165) is 13.0 Å². The Labute approximate surface area is 106 Å². The van der Waals surface area contributed by atoms with E-state index in [2.05, 4.69) is 50.4 Å². The van der Waals surface area contributed by atoms with E-state index >= 15 is 0 Å². The molecule has 0 aliphatic heterocycles. The Morgan fingerprint density at radius 1 is 1.18 bits per heavy atom. The second kappa shape index (κ2) is 6.77. The second-order valence-corrected chi connectivity index (χ2v) is 5.01. The molecule has 0 saturated carbocycles. The highest BCUT2D eigenvalue weighted by molar-refractivity contribution is 5.25. The largest absolute Gasteiger partial charge is 0.330 e. The van der Waals surface area contributed by atoms with E-state index in [4.69, 9.17) is 5.73 Å². The van der Waals surface area contributed by atoms with Crippen molar-refractivity contribution in [1.82, 2.24) is 5.32 Å². The number of aryl methyl sites for hydroxylation is 1. The van der Waals surface area contributed by atoms with Gasteiger partial charge in [0.05, 0.1) is 0 Å². The first-order valence-electron chi connectivity index (χ1n) is 6.60. The average molecular weight is 234 g/mol. The van der Waals surface area contributed by atoms with Crippen LogP contribution in [0.25, 0.3) is 0 Å². The van der Waals surface area contributed by atoms with E-state index < -0.39 is 0 Å². The summed E-state index contributed by atoms with van der Waals surface area (Å²) in [6.45, 7) is 7.38. The van der Waals surface area contributed by atoms with Gasteiger partial charge in [0.1, 0.15) is 0 Å². The van der Waals surface area contributed by atoms with E-state index in [1.54, 1.807) is 0 Å². The molecule has 1 aromatic carbocycles. The number of benzene rings is 1. The fourth-order valence-corrected chi connectivity index (χ4v) is 2.38. The van der Waals surface area contributed by atoms with E-state index in [1.807, 2.05) is 7.05 Å². The van der Waals surface area contributed by atoms with Crippen LogP contribution < -0.4 is 11.1 Å². The lowest BCUT2D eigenvalue weighted by Gasteiger charge is -2.29. The fraction of sp³-hybridized carbons (Fsp3) is 0.600. The molecule has 0 fully saturated rings. The zero-order valence-corrected chi connectivity index (χ0v) is 11.5. The zero-order chi connectivity index (χ0) is 12.8. The van der Waals surface area contributed by atoms with Crippen LogP contribution in [0.2, 0.25) is 0 Å². The van der Waals surface area contributed by atoms with E-state index in [1.165, 1.54) is 11.1 Å². The van der Waals surface area contributed by atoms with Crippen LogP contribution in [-0.2, 0) is 6.42 Å². The molecule has 0 radical (unpaired) electrons. The molecule has 2 heteroatoms. The van der Waals surface area contributed by atoms with Crippen LogP contribution in [0.1, 0.15) is 37.9 Å². The van der Waals surface area contributed by atoms with Crippen LogP contribution in [0.3, 0.4) is 0 Å². The Kier molecular flexibility index (Phi) is 5.66. The second-order valence-electron chi connectivity index (χ2n) is 5.01. The number of nitrogens with one attached hydrogen (secondary N) is 1. The monoisotopic (exact) mass is 234 g/mol. The van der Waals surface area contributed by atoms with Crippen LogP contribution in [0.4, 0.5) is 0 Å². The Morgan fingerprint density at radius 2 is 1.76 bits per heavy atom. The summed E-state index contributed by atoms with van der Waals surface area (Å²) in [5, 5.41) is 3.41. The predicted molar refractivity (Wildman–Crippen MR) is 75.0 cm³/mol. The maximum absolute atomic E-state index is 5.90. The molecule has 2 unspecified atom stereocenters. The Balaban J connectivity index is 2.91. The van der Waals surface area contributed by atoms with Gasteiger partial charge in [-0.1, -0.05) is 45.0 Å². The summed E-state index contributed by atoms with van der Waals surface area (Å²) in [6.07, 6.45) is 1.09. The van der Waals surface area contributed by atoms with Crippen molar-refractivity contribution in [2.75, 3.05) is 13.6 Å². The van der Waals surface area contributed by atoms with E-state index in [-0.39, 0.29) is 0 Å².